The van der Waals surface area contributed by atoms with Crippen molar-refractivity contribution in [3.63, 3.8) is 0 Å². The third-order valence-corrected chi connectivity index (χ3v) is 5.64. The molecule has 19 heavy (non-hydrogen) atoms. The third kappa shape index (κ3) is 2.46. The van der Waals surface area contributed by atoms with E-state index in [1.54, 1.807) is 0 Å². The minimum atomic E-state index is 0.319. The molecule has 2 aliphatic rings. The van der Waals surface area contributed by atoms with Crippen molar-refractivity contribution in [2.75, 3.05) is 31.7 Å². The zero-order valence-corrected chi connectivity index (χ0v) is 12.7. The maximum absolute atomic E-state index is 6.01. The lowest BCUT2D eigenvalue weighted by atomic mass is 9.96. The number of nitrogen functional groups attached to an aromatic ring is 1. The van der Waals surface area contributed by atoms with Crippen LogP contribution >= 0.6 is 11.5 Å². The Hall–Kier alpha value is -0.810. The maximum Gasteiger partial charge on any atom is 0.142 e. The lowest BCUT2D eigenvalue weighted by Crippen LogP contribution is -2.47. The summed E-state index contributed by atoms with van der Waals surface area (Å²) in [5.74, 6) is 1.42. The topological polar surface area (TPSA) is 54.2 Å². The minimum absolute atomic E-state index is 0.319. The Bertz CT molecular complexity index is 444. The molecule has 0 radical (unpaired) electrons. The van der Waals surface area contributed by atoms with Crippen molar-refractivity contribution < 1.29 is 0 Å². The van der Waals surface area contributed by atoms with Gasteiger partial charge in [0.1, 0.15) is 10.8 Å². The van der Waals surface area contributed by atoms with Gasteiger partial charge in [-0.2, -0.15) is 4.37 Å². The fourth-order valence-corrected chi connectivity index (χ4v) is 4.06. The van der Waals surface area contributed by atoms with E-state index in [2.05, 4.69) is 28.7 Å². The summed E-state index contributed by atoms with van der Waals surface area (Å²) in [4.78, 5) is 2.40. The van der Waals surface area contributed by atoms with Crippen molar-refractivity contribution in [2.45, 2.75) is 50.0 Å². The fraction of sp³-hybridized carbons (Fsp3) is 0.786. The van der Waals surface area contributed by atoms with Gasteiger partial charge >= 0.3 is 0 Å². The van der Waals surface area contributed by atoms with Crippen molar-refractivity contribution in [3.8, 4) is 0 Å². The van der Waals surface area contributed by atoms with Gasteiger partial charge in [0.2, 0.25) is 0 Å². The Morgan fingerprint density at radius 1 is 1.37 bits per heavy atom. The second-order valence-corrected chi connectivity index (χ2v) is 7.04. The van der Waals surface area contributed by atoms with Crippen LogP contribution < -0.4 is 11.1 Å². The molecule has 0 bridgehead atoms. The molecule has 0 saturated heterocycles. The van der Waals surface area contributed by atoms with Crippen molar-refractivity contribution in [1.82, 2.24) is 9.27 Å². The summed E-state index contributed by atoms with van der Waals surface area (Å²) in [5, 5.41) is 4.87. The summed E-state index contributed by atoms with van der Waals surface area (Å²) >= 11 is 1.53. The van der Waals surface area contributed by atoms with E-state index in [4.69, 9.17) is 5.73 Å². The van der Waals surface area contributed by atoms with Crippen LogP contribution in [0.25, 0.3) is 0 Å². The van der Waals surface area contributed by atoms with Crippen molar-refractivity contribution in [2.24, 2.45) is 0 Å². The van der Waals surface area contributed by atoms with Crippen LogP contribution in [0.4, 0.5) is 10.8 Å². The Labute approximate surface area is 119 Å². The Kier molecular flexibility index (Phi) is 3.43. The molecule has 0 aliphatic heterocycles. The molecule has 106 valence electrons. The number of hydrogen-bond acceptors (Lipinski definition) is 5. The monoisotopic (exact) mass is 280 g/mol. The normalized spacial score (nSPS) is 22.1. The quantitative estimate of drug-likeness (QED) is 0.871. The minimum Gasteiger partial charge on any atom is -0.383 e. The van der Waals surface area contributed by atoms with Crippen LogP contribution in [0.3, 0.4) is 0 Å². The number of aromatic nitrogens is 1. The van der Waals surface area contributed by atoms with Gasteiger partial charge in [0.25, 0.3) is 0 Å². The van der Waals surface area contributed by atoms with Gasteiger partial charge in [0.15, 0.2) is 0 Å². The molecule has 1 aromatic rings. The number of rotatable bonds is 5. The van der Waals surface area contributed by atoms with Gasteiger partial charge in [-0.05, 0) is 57.2 Å². The molecule has 4 nitrogen and oxygen atoms in total. The first-order valence-electron chi connectivity index (χ1n) is 7.29. The first kappa shape index (κ1) is 13.2. The van der Waals surface area contributed by atoms with E-state index in [1.807, 2.05) is 0 Å². The van der Waals surface area contributed by atoms with Gasteiger partial charge in [-0.3, -0.25) is 0 Å². The fourth-order valence-electron chi connectivity index (χ4n) is 3.26. The predicted molar refractivity (Wildman–Crippen MR) is 81.9 cm³/mol. The van der Waals surface area contributed by atoms with Crippen LogP contribution in [0.2, 0.25) is 0 Å². The first-order valence-corrected chi connectivity index (χ1v) is 8.06. The van der Waals surface area contributed by atoms with E-state index in [9.17, 15) is 0 Å². The highest BCUT2D eigenvalue weighted by Crippen LogP contribution is 2.48. The number of nitrogens with one attached hydrogen (secondary N) is 1. The summed E-state index contributed by atoms with van der Waals surface area (Å²) < 4.78 is 4.33. The molecule has 0 atom stereocenters. The lowest BCUT2D eigenvalue weighted by Gasteiger charge is -2.36. The standard InChI is InChI=1S/C14H24N4S/c1-18(2)14(7-3-4-8-14)9-16-13-11(10-5-6-10)12(15)17-19-13/h10,16H,3-9H2,1-2H3,(H2,15,17). The van der Waals surface area contributed by atoms with Gasteiger partial charge < -0.3 is 16.0 Å². The molecule has 2 aliphatic carbocycles. The lowest BCUT2D eigenvalue weighted by molar-refractivity contribution is 0.172. The van der Waals surface area contributed by atoms with Crippen LogP contribution in [0.15, 0.2) is 0 Å². The summed E-state index contributed by atoms with van der Waals surface area (Å²) in [5.41, 5.74) is 7.62. The smallest absolute Gasteiger partial charge is 0.142 e. The first-order chi connectivity index (χ1) is 9.12. The van der Waals surface area contributed by atoms with E-state index >= 15 is 0 Å². The average Bonchev–Trinajstić information content (AvgIpc) is 2.97. The Morgan fingerprint density at radius 3 is 2.63 bits per heavy atom. The van der Waals surface area contributed by atoms with Gasteiger partial charge in [-0.25, -0.2) is 0 Å². The molecule has 0 spiro atoms. The van der Waals surface area contributed by atoms with Gasteiger partial charge in [-0.15, -0.1) is 0 Å². The largest absolute Gasteiger partial charge is 0.383 e. The van der Waals surface area contributed by atoms with Crippen LogP contribution in [0.5, 0.6) is 0 Å². The summed E-state index contributed by atoms with van der Waals surface area (Å²) in [7, 11) is 4.41. The number of nitrogens with zero attached hydrogens (tertiary/aromatic N) is 2. The van der Waals surface area contributed by atoms with E-state index < -0.39 is 0 Å². The molecule has 5 heteroatoms. The molecular formula is C14H24N4S. The number of anilines is 2. The van der Waals surface area contributed by atoms with Crippen LogP contribution in [-0.2, 0) is 0 Å². The highest BCUT2D eigenvalue weighted by atomic mass is 32.1. The number of nitrogens with two attached hydrogens (primary N) is 1. The molecule has 0 unspecified atom stereocenters. The average molecular weight is 280 g/mol. The molecule has 3 N–H and O–H groups in total. The Balaban J connectivity index is 1.71. The van der Waals surface area contributed by atoms with E-state index in [0.717, 1.165) is 12.4 Å². The maximum atomic E-state index is 6.01. The van der Waals surface area contributed by atoms with E-state index in [-0.39, 0.29) is 0 Å². The molecule has 0 aromatic carbocycles. The zero-order valence-electron chi connectivity index (χ0n) is 11.9. The van der Waals surface area contributed by atoms with Crippen molar-refractivity contribution in [1.29, 1.82) is 0 Å². The van der Waals surface area contributed by atoms with Crippen LogP contribution in [0, 0.1) is 0 Å². The number of likely N-dealkylation sites (N-methyl/N-ethyl adjacent to an activating group) is 1. The molecule has 3 rings (SSSR count). The molecule has 2 saturated carbocycles. The summed E-state index contributed by atoms with van der Waals surface area (Å²) in [6.07, 6.45) is 7.83. The van der Waals surface area contributed by atoms with Gasteiger partial charge in [0.05, 0.1) is 0 Å². The summed E-state index contributed by atoms with van der Waals surface area (Å²) in [6, 6.07) is 0. The number of hydrogen-bond donors (Lipinski definition) is 2. The second kappa shape index (κ2) is 4.94. The van der Waals surface area contributed by atoms with Crippen molar-refractivity contribution in [3.05, 3.63) is 5.56 Å². The zero-order chi connectivity index (χ0) is 13.5. The molecule has 0 amide bonds. The molecule has 2 fully saturated rings. The van der Waals surface area contributed by atoms with E-state index in [0.29, 0.717) is 11.5 Å². The van der Waals surface area contributed by atoms with Gasteiger partial charge in [-0.1, -0.05) is 12.8 Å². The molecule has 1 heterocycles. The molecular weight excluding hydrogens is 256 g/mol. The SMILES string of the molecule is CN(C)C1(CNc2snc(N)c2C2CC2)CCCC1. The molecule has 1 aromatic heterocycles. The second-order valence-electron chi connectivity index (χ2n) is 6.26. The van der Waals surface area contributed by atoms with E-state index in [1.165, 1.54) is 60.6 Å². The van der Waals surface area contributed by atoms with Gasteiger partial charge in [0, 0.05) is 17.6 Å². The third-order valence-electron chi connectivity index (χ3n) is 4.80. The predicted octanol–water partition coefficient (Wildman–Crippen LogP) is 2.89. The highest BCUT2D eigenvalue weighted by Gasteiger charge is 2.37. The summed E-state index contributed by atoms with van der Waals surface area (Å²) in [6.45, 7) is 1.02. The Morgan fingerprint density at radius 2 is 2.05 bits per heavy atom. The van der Waals surface area contributed by atoms with Crippen molar-refractivity contribution >= 4 is 22.4 Å². The van der Waals surface area contributed by atoms with Crippen LogP contribution in [-0.4, -0.2) is 35.5 Å². The highest BCUT2D eigenvalue weighted by molar-refractivity contribution is 7.10. The van der Waals surface area contributed by atoms with Crippen LogP contribution in [0.1, 0.15) is 50.0 Å².